The normalized spacial score (nSPS) is 15.9. The van der Waals surface area contributed by atoms with Gasteiger partial charge in [-0.05, 0) is 35.6 Å². The third-order valence-electron chi connectivity index (χ3n) is 1.80. The van der Waals surface area contributed by atoms with Gasteiger partial charge in [-0.2, -0.15) is 0 Å². The molecule has 0 N–H and O–H groups in total. The fraction of sp³-hybridized carbons (Fsp3) is 0.375. The molecule has 1 saturated heterocycles. The Bertz CT molecular complexity index is 363. The molecule has 1 aliphatic heterocycles. The highest BCUT2D eigenvalue weighted by Gasteiger charge is 2.23. The van der Waals surface area contributed by atoms with Gasteiger partial charge < -0.3 is 4.74 Å². The van der Waals surface area contributed by atoms with Crippen molar-refractivity contribution in [2.75, 3.05) is 18.2 Å². The number of hydrogen-bond donors (Lipinski definition) is 0. The van der Waals surface area contributed by atoms with Crippen molar-refractivity contribution < 1.29 is 9.53 Å². The summed E-state index contributed by atoms with van der Waals surface area (Å²) in [5, 5.41) is 0. The first-order valence-corrected chi connectivity index (χ1v) is 5.15. The molecule has 1 aromatic heterocycles. The summed E-state index contributed by atoms with van der Waals surface area (Å²) in [5.74, 6) is 0.324. The average molecular weight is 305 g/mol. The van der Waals surface area contributed by atoms with Crippen LogP contribution < -0.4 is 4.90 Å². The molecule has 1 aromatic rings. The van der Waals surface area contributed by atoms with Crippen LogP contribution in [0.2, 0.25) is 0 Å². The minimum absolute atomic E-state index is 0.231. The molecule has 74 valence electrons. The summed E-state index contributed by atoms with van der Waals surface area (Å²) in [5.41, 5.74) is 0.888. The van der Waals surface area contributed by atoms with Crippen molar-refractivity contribution in [3.05, 3.63) is 15.5 Å². The standard InChI is InChI=1S/C8H8IN3O2/c1-5-2-6(9)11-8(10-5)12-3-7(13)14-4-12/h2H,3-4H2,1H3. The number of aromatic nitrogens is 2. The van der Waals surface area contributed by atoms with E-state index in [0.717, 1.165) is 9.39 Å². The fourth-order valence-corrected chi connectivity index (χ4v) is 1.85. The molecule has 1 fully saturated rings. The Labute approximate surface area is 94.6 Å². The molecule has 0 bridgehead atoms. The molecular weight excluding hydrogens is 297 g/mol. The Morgan fingerprint density at radius 1 is 1.57 bits per heavy atom. The van der Waals surface area contributed by atoms with Gasteiger partial charge in [0.05, 0.1) is 0 Å². The number of aryl methyl sites for hydroxylation is 1. The van der Waals surface area contributed by atoms with E-state index >= 15 is 0 Å². The highest BCUT2D eigenvalue weighted by Crippen LogP contribution is 2.14. The third kappa shape index (κ3) is 1.94. The van der Waals surface area contributed by atoms with Gasteiger partial charge in [-0.3, -0.25) is 9.69 Å². The lowest BCUT2D eigenvalue weighted by Gasteiger charge is -2.11. The van der Waals surface area contributed by atoms with Gasteiger partial charge in [0, 0.05) is 5.69 Å². The second kappa shape index (κ2) is 3.68. The minimum atomic E-state index is -0.231. The summed E-state index contributed by atoms with van der Waals surface area (Å²) in [6.07, 6.45) is 0. The highest BCUT2D eigenvalue weighted by molar-refractivity contribution is 14.1. The van der Waals surface area contributed by atoms with Crippen molar-refractivity contribution in [2.45, 2.75) is 6.92 Å². The van der Waals surface area contributed by atoms with E-state index in [0.29, 0.717) is 5.95 Å². The molecule has 0 atom stereocenters. The van der Waals surface area contributed by atoms with Gasteiger partial charge in [-0.25, -0.2) is 9.97 Å². The maximum absolute atomic E-state index is 10.9. The lowest BCUT2D eigenvalue weighted by Crippen LogP contribution is -2.22. The van der Waals surface area contributed by atoms with Crippen LogP contribution >= 0.6 is 22.6 Å². The Hall–Kier alpha value is -0.920. The topological polar surface area (TPSA) is 55.3 Å². The number of anilines is 1. The van der Waals surface area contributed by atoms with E-state index in [1.807, 2.05) is 13.0 Å². The zero-order chi connectivity index (χ0) is 10.1. The number of rotatable bonds is 1. The first-order valence-electron chi connectivity index (χ1n) is 4.07. The summed E-state index contributed by atoms with van der Waals surface area (Å²) in [4.78, 5) is 21.0. The number of halogens is 1. The van der Waals surface area contributed by atoms with Gasteiger partial charge in [0.15, 0.2) is 6.73 Å². The molecule has 0 radical (unpaired) electrons. The van der Waals surface area contributed by atoms with Crippen molar-refractivity contribution in [2.24, 2.45) is 0 Å². The maximum Gasteiger partial charge on any atom is 0.327 e. The first kappa shape index (κ1) is 9.63. The number of cyclic esters (lactones) is 1. The van der Waals surface area contributed by atoms with E-state index in [1.165, 1.54) is 0 Å². The van der Waals surface area contributed by atoms with Crippen LogP contribution in [-0.4, -0.2) is 29.2 Å². The lowest BCUT2D eigenvalue weighted by molar-refractivity contribution is -0.136. The van der Waals surface area contributed by atoms with Gasteiger partial charge in [0.25, 0.3) is 0 Å². The van der Waals surface area contributed by atoms with Crippen LogP contribution in [0.25, 0.3) is 0 Å². The monoisotopic (exact) mass is 305 g/mol. The highest BCUT2D eigenvalue weighted by atomic mass is 127. The molecule has 6 heteroatoms. The van der Waals surface area contributed by atoms with Crippen molar-refractivity contribution in [1.29, 1.82) is 0 Å². The number of carbonyl (C=O) groups excluding carboxylic acids is 1. The van der Waals surface area contributed by atoms with E-state index in [9.17, 15) is 4.79 Å². The van der Waals surface area contributed by atoms with E-state index < -0.39 is 0 Å². The van der Waals surface area contributed by atoms with E-state index in [-0.39, 0.29) is 19.2 Å². The molecular formula is C8H8IN3O2. The van der Waals surface area contributed by atoms with Crippen LogP contribution in [0.15, 0.2) is 6.07 Å². The molecule has 2 rings (SSSR count). The van der Waals surface area contributed by atoms with Gasteiger partial charge in [-0.15, -0.1) is 0 Å². The number of esters is 1. The second-order valence-electron chi connectivity index (χ2n) is 2.98. The Morgan fingerprint density at radius 3 is 2.93 bits per heavy atom. The van der Waals surface area contributed by atoms with Gasteiger partial charge in [0.2, 0.25) is 5.95 Å². The summed E-state index contributed by atoms with van der Waals surface area (Å²) in [6, 6.07) is 1.88. The average Bonchev–Trinajstić information content (AvgIpc) is 2.50. The van der Waals surface area contributed by atoms with E-state index in [2.05, 4.69) is 32.6 Å². The largest absolute Gasteiger partial charge is 0.443 e. The molecule has 0 amide bonds. The quantitative estimate of drug-likeness (QED) is 0.434. The predicted molar refractivity (Wildman–Crippen MR) is 57.8 cm³/mol. The zero-order valence-electron chi connectivity index (χ0n) is 7.53. The number of hydrogen-bond acceptors (Lipinski definition) is 5. The van der Waals surface area contributed by atoms with Crippen LogP contribution in [0.3, 0.4) is 0 Å². The Morgan fingerprint density at radius 2 is 2.36 bits per heavy atom. The summed E-state index contributed by atoms with van der Waals surface area (Å²) in [6.45, 7) is 2.38. The zero-order valence-corrected chi connectivity index (χ0v) is 9.69. The number of carbonyl (C=O) groups is 1. The lowest BCUT2D eigenvalue weighted by atomic mass is 10.4. The third-order valence-corrected chi connectivity index (χ3v) is 2.35. The second-order valence-corrected chi connectivity index (χ2v) is 4.08. The van der Waals surface area contributed by atoms with Gasteiger partial charge >= 0.3 is 5.97 Å². The van der Waals surface area contributed by atoms with Crippen LogP contribution in [-0.2, 0) is 9.53 Å². The summed E-state index contributed by atoms with van der Waals surface area (Å²) < 4.78 is 5.67. The van der Waals surface area contributed by atoms with Crippen molar-refractivity contribution in [1.82, 2.24) is 9.97 Å². The van der Waals surface area contributed by atoms with Gasteiger partial charge in [-0.1, -0.05) is 0 Å². The molecule has 0 unspecified atom stereocenters. The van der Waals surface area contributed by atoms with Crippen molar-refractivity contribution in [3.63, 3.8) is 0 Å². The fourth-order valence-electron chi connectivity index (χ4n) is 1.18. The van der Waals surface area contributed by atoms with Crippen LogP contribution in [0.4, 0.5) is 5.95 Å². The number of ether oxygens (including phenoxy) is 1. The number of nitrogens with zero attached hydrogens (tertiary/aromatic N) is 3. The SMILES string of the molecule is Cc1cc(I)nc(N2COC(=O)C2)n1. The van der Waals surface area contributed by atoms with Gasteiger partial charge in [0.1, 0.15) is 10.2 Å². The summed E-state index contributed by atoms with van der Waals surface area (Å²) >= 11 is 2.12. The molecule has 14 heavy (non-hydrogen) atoms. The van der Waals surface area contributed by atoms with Crippen LogP contribution in [0.5, 0.6) is 0 Å². The molecule has 5 nitrogen and oxygen atoms in total. The minimum Gasteiger partial charge on any atom is -0.443 e. The molecule has 1 aliphatic rings. The molecule has 0 aliphatic carbocycles. The molecule has 0 saturated carbocycles. The Kier molecular flexibility index (Phi) is 2.53. The maximum atomic E-state index is 10.9. The molecule has 0 spiro atoms. The van der Waals surface area contributed by atoms with E-state index in [4.69, 9.17) is 4.74 Å². The van der Waals surface area contributed by atoms with Crippen molar-refractivity contribution >= 4 is 34.5 Å². The van der Waals surface area contributed by atoms with Crippen LogP contribution in [0.1, 0.15) is 5.69 Å². The smallest absolute Gasteiger partial charge is 0.327 e. The first-order chi connectivity index (χ1) is 6.65. The van der Waals surface area contributed by atoms with Crippen molar-refractivity contribution in [3.8, 4) is 0 Å². The summed E-state index contributed by atoms with van der Waals surface area (Å²) in [7, 11) is 0. The Balaban J connectivity index is 2.27. The predicted octanol–water partition coefficient (Wildman–Crippen LogP) is 0.710. The molecule has 0 aromatic carbocycles. The van der Waals surface area contributed by atoms with E-state index in [1.54, 1.807) is 4.90 Å². The molecule has 2 heterocycles. The van der Waals surface area contributed by atoms with Crippen LogP contribution in [0, 0.1) is 10.6 Å².